The second-order valence-electron chi connectivity index (χ2n) is 10.3. The van der Waals surface area contributed by atoms with Crippen molar-refractivity contribution in [2.75, 3.05) is 30.8 Å². The number of nitrogens with zero attached hydrogens (tertiary/aromatic N) is 1. The molecule has 4 atom stereocenters. The number of ketones is 1. The van der Waals surface area contributed by atoms with Gasteiger partial charge >= 0.3 is 5.97 Å². The minimum atomic E-state index is -2.06. The van der Waals surface area contributed by atoms with Gasteiger partial charge in [0.05, 0.1) is 23.3 Å². The van der Waals surface area contributed by atoms with Crippen LogP contribution in [0.3, 0.4) is 0 Å². The molecule has 0 spiro atoms. The van der Waals surface area contributed by atoms with Crippen molar-refractivity contribution in [2.24, 2.45) is 5.92 Å². The molecule has 0 aliphatic carbocycles. The molecule has 8 heteroatoms. The SMILES string of the molecule is C=CCOC(=O)C(N1C(=O)[C@H]([C@@H](C)O)[C@H]1CC(=O)[C@@H]1CCCS1)=P(CCCC)(CCCC)CCCC. The lowest BCUT2D eigenvalue weighted by atomic mass is 9.80. The summed E-state index contributed by atoms with van der Waals surface area (Å²) in [6, 6.07) is -0.485. The first-order valence-corrected chi connectivity index (χ1v) is 17.3. The monoisotopic (exact) mass is 541 g/mol. The van der Waals surface area contributed by atoms with Crippen molar-refractivity contribution in [1.29, 1.82) is 0 Å². The van der Waals surface area contributed by atoms with E-state index in [4.69, 9.17) is 4.74 Å². The highest BCUT2D eigenvalue weighted by atomic mass is 32.2. The first-order chi connectivity index (χ1) is 17.3. The number of ether oxygens (including phenoxy) is 1. The van der Waals surface area contributed by atoms with E-state index in [0.717, 1.165) is 75.6 Å². The predicted octanol–water partition coefficient (Wildman–Crippen LogP) is 5.33. The molecule has 2 heterocycles. The van der Waals surface area contributed by atoms with Crippen LogP contribution >= 0.6 is 18.6 Å². The molecule has 2 aliphatic rings. The minimum Gasteiger partial charge on any atom is -0.457 e. The van der Waals surface area contributed by atoms with Crippen LogP contribution in [0.5, 0.6) is 0 Å². The minimum absolute atomic E-state index is 0.0480. The molecular formula is C28H48NO5PS. The lowest BCUT2D eigenvalue weighted by Gasteiger charge is -2.51. The van der Waals surface area contributed by atoms with Crippen LogP contribution in [-0.2, 0) is 19.1 Å². The quantitative estimate of drug-likeness (QED) is 0.116. The fourth-order valence-corrected chi connectivity index (χ4v) is 12.0. The second-order valence-corrected chi connectivity index (χ2v) is 15.7. The van der Waals surface area contributed by atoms with E-state index in [-0.39, 0.29) is 30.0 Å². The fourth-order valence-electron chi connectivity index (χ4n) is 5.50. The Morgan fingerprint density at radius 1 is 1.17 bits per heavy atom. The molecule has 0 bridgehead atoms. The van der Waals surface area contributed by atoms with Gasteiger partial charge in [-0.2, -0.15) is 11.8 Å². The maximum Gasteiger partial charge on any atom is 0.355 e. The number of carbonyl (C=O) groups is 3. The maximum absolute atomic E-state index is 13.8. The zero-order valence-electron chi connectivity index (χ0n) is 22.9. The Morgan fingerprint density at radius 2 is 1.75 bits per heavy atom. The molecule has 1 amide bonds. The third-order valence-electron chi connectivity index (χ3n) is 7.50. The molecule has 1 N–H and O–H groups in total. The molecular weight excluding hydrogens is 493 g/mol. The molecule has 2 saturated heterocycles. The molecule has 2 fully saturated rings. The van der Waals surface area contributed by atoms with Gasteiger partial charge in [-0.3, -0.25) is 9.59 Å². The number of Topliss-reactive ketones (excluding diaryl/α,β-unsaturated/α-hetero) is 1. The van der Waals surface area contributed by atoms with E-state index >= 15 is 0 Å². The summed E-state index contributed by atoms with van der Waals surface area (Å²) in [6.07, 6.45) is 11.5. The standard InChI is InChI=1S/C28H48NO5PS/c1-6-10-16-35(17-11-7-2,18-12-8-3)27(28(33)34-15-9-4)29-22(25(21(5)30)26(29)32)20-23(31)24-14-13-19-36-24/h9,21-22,24-25,30H,4,6-8,10-20H2,1-3,5H3/t21-,22-,24+,25-/m1/s1. The molecule has 0 aromatic heterocycles. The van der Waals surface area contributed by atoms with Crippen LogP contribution in [0.15, 0.2) is 12.7 Å². The normalized spacial score (nSPS) is 22.8. The van der Waals surface area contributed by atoms with Crippen LogP contribution in [0, 0.1) is 5.92 Å². The summed E-state index contributed by atoms with van der Waals surface area (Å²) in [5, 5.41) is 10.5. The topological polar surface area (TPSA) is 83.9 Å². The van der Waals surface area contributed by atoms with Gasteiger partial charge in [-0.25, -0.2) is 4.79 Å². The van der Waals surface area contributed by atoms with Gasteiger partial charge in [-0.05, 0) is 63.3 Å². The highest BCUT2D eigenvalue weighted by Crippen LogP contribution is 2.54. The summed E-state index contributed by atoms with van der Waals surface area (Å²) in [5.41, 5.74) is 0.526. The Hall–Kier alpha value is -1.04. The van der Waals surface area contributed by atoms with Gasteiger partial charge in [-0.1, -0.05) is 59.6 Å². The molecule has 6 nitrogen and oxygen atoms in total. The van der Waals surface area contributed by atoms with Crippen molar-refractivity contribution in [3.05, 3.63) is 12.7 Å². The van der Waals surface area contributed by atoms with E-state index in [0.29, 0.717) is 5.42 Å². The first kappa shape index (κ1) is 31.2. The van der Waals surface area contributed by atoms with E-state index in [1.165, 1.54) is 0 Å². The van der Waals surface area contributed by atoms with Gasteiger partial charge < -0.3 is 14.7 Å². The van der Waals surface area contributed by atoms with Crippen LogP contribution in [-0.4, -0.2) is 81.3 Å². The van der Waals surface area contributed by atoms with E-state index < -0.39 is 30.9 Å². The van der Waals surface area contributed by atoms with Crippen molar-refractivity contribution < 1.29 is 24.2 Å². The summed E-state index contributed by atoms with van der Waals surface area (Å²) >= 11 is 1.69. The number of β-lactam (4-membered cyclic amide) rings is 1. The van der Waals surface area contributed by atoms with Gasteiger partial charge in [-0.15, -0.1) is 0 Å². The third kappa shape index (κ3) is 7.51. The van der Waals surface area contributed by atoms with Crippen molar-refractivity contribution in [3.63, 3.8) is 0 Å². The number of likely N-dealkylation sites (tertiary alicyclic amines) is 1. The lowest BCUT2D eigenvalue weighted by Crippen LogP contribution is -2.68. The number of hydrogen-bond acceptors (Lipinski definition) is 6. The molecule has 0 aromatic carbocycles. The van der Waals surface area contributed by atoms with Gasteiger partial charge in [0.15, 0.2) is 0 Å². The molecule has 36 heavy (non-hydrogen) atoms. The zero-order chi connectivity index (χ0) is 26.7. The van der Waals surface area contributed by atoms with E-state index in [2.05, 4.69) is 27.4 Å². The summed E-state index contributed by atoms with van der Waals surface area (Å²) in [5.74, 6) is -0.218. The predicted molar refractivity (Wildman–Crippen MR) is 153 cm³/mol. The lowest BCUT2D eigenvalue weighted by molar-refractivity contribution is -0.158. The number of esters is 1. The highest BCUT2D eigenvalue weighted by molar-refractivity contribution is 8.00. The van der Waals surface area contributed by atoms with Crippen molar-refractivity contribution in [3.8, 4) is 0 Å². The number of aliphatic hydroxyl groups is 1. The van der Waals surface area contributed by atoms with Crippen LogP contribution in [0.4, 0.5) is 0 Å². The van der Waals surface area contributed by atoms with Crippen molar-refractivity contribution in [2.45, 2.75) is 103 Å². The van der Waals surface area contributed by atoms with E-state index in [1.807, 2.05) is 0 Å². The summed E-state index contributed by atoms with van der Waals surface area (Å²) in [4.78, 5) is 42.2. The molecule has 2 aliphatic heterocycles. The number of hydrogen-bond donors (Lipinski definition) is 1. The Labute approximate surface area is 223 Å². The molecule has 0 saturated carbocycles. The molecule has 0 radical (unpaired) electrons. The van der Waals surface area contributed by atoms with Crippen molar-refractivity contribution in [1.82, 2.24) is 4.90 Å². The summed E-state index contributed by atoms with van der Waals surface area (Å²) < 4.78 is 5.64. The molecule has 206 valence electrons. The molecule has 2 rings (SSSR count). The number of aliphatic hydroxyl groups excluding tert-OH is 1. The van der Waals surface area contributed by atoms with Gasteiger partial charge in [0, 0.05) is 6.42 Å². The molecule has 0 aromatic rings. The molecule has 0 unspecified atom stereocenters. The second kappa shape index (κ2) is 15.4. The largest absolute Gasteiger partial charge is 0.457 e. The zero-order valence-corrected chi connectivity index (χ0v) is 24.6. The number of amides is 1. The van der Waals surface area contributed by atoms with E-state index in [9.17, 15) is 19.5 Å². The number of unbranched alkanes of at least 4 members (excludes halogenated alkanes) is 3. The Morgan fingerprint density at radius 3 is 2.19 bits per heavy atom. The van der Waals surface area contributed by atoms with E-state index in [1.54, 1.807) is 29.7 Å². The van der Waals surface area contributed by atoms with Crippen LogP contribution in [0.25, 0.3) is 0 Å². The fraction of sp³-hybridized carbons (Fsp3) is 0.786. The average molecular weight is 542 g/mol. The smallest absolute Gasteiger partial charge is 0.355 e. The average Bonchev–Trinajstić information content (AvgIpc) is 3.40. The van der Waals surface area contributed by atoms with Crippen LogP contribution < -0.4 is 0 Å². The summed E-state index contributed by atoms with van der Waals surface area (Å²) in [7, 11) is 0. The number of carbonyl (C=O) groups excluding carboxylic acids is 3. The Kier molecular flexibility index (Phi) is 13.3. The van der Waals surface area contributed by atoms with Gasteiger partial charge in [0.25, 0.3) is 0 Å². The van der Waals surface area contributed by atoms with Gasteiger partial charge in [0.1, 0.15) is 17.8 Å². The van der Waals surface area contributed by atoms with Crippen LogP contribution in [0.1, 0.15) is 85.5 Å². The maximum atomic E-state index is 13.8. The van der Waals surface area contributed by atoms with Crippen molar-refractivity contribution >= 4 is 41.7 Å². The number of thioether (sulfide) groups is 1. The Balaban J connectivity index is 2.65. The van der Waals surface area contributed by atoms with Gasteiger partial charge in [0.2, 0.25) is 5.91 Å². The first-order valence-electron chi connectivity index (χ1n) is 13.9. The van der Waals surface area contributed by atoms with Crippen LogP contribution in [0.2, 0.25) is 0 Å². The summed E-state index contributed by atoms with van der Waals surface area (Å²) in [6.45, 7) is 9.80. The highest BCUT2D eigenvalue weighted by Gasteiger charge is 2.55. The number of rotatable bonds is 17. The third-order valence-corrected chi connectivity index (χ3v) is 13.7. The Bertz CT molecular complexity index is 792.